The van der Waals surface area contributed by atoms with Crippen molar-refractivity contribution in [3.63, 3.8) is 0 Å². The first-order valence-electron chi connectivity index (χ1n) is 11.3. The fraction of sp³-hybridized carbons (Fsp3) is 0.423. The predicted molar refractivity (Wildman–Crippen MR) is 127 cm³/mol. The topological polar surface area (TPSA) is 71.4 Å². The molecule has 33 heavy (non-hydrogen) atoms. The molecule has 2 aromatic carbocycles. The van der Waals surface area contributed by atoms with E-state index in [2.05, 4.69) is 0 Å². The summed E-state index contributed by atoms with van der Waals surface area (Å²) in [5.74, 6) is 1.25. The molecule has 0 atom stereocenters. The molecule has 7 nitrogen and oxygen atoms in total. The Balaban J connectivity index is 1.51. The summed E-state index contributed by atoms with van der Waals surface area (Å²) in [5.41, 5.74) is 2.57. The minimum atomic E-state index is -0.756. The van der Waals surface area contributed by atoms with Crippen LogP contribution in [0.5, 0.6) is 11.5 Å². The lowest BCUT2D eigenvalue weighted by Gasteiger charge is -2.35. The molecule has 0 radical (unpaired) electrons. The molecule has 1 saturated heterocycles. The molecule has 0 unspecified atom stereocenters. The van der Waals surface area contributed by atoms with E-state index >= 15 is 0 Å². The number of hydrogen-bond acceptors (Lipinski definition) is 5. The standard InChI is InChI=1S/C26H31N3O4/c1-17-7-6-8-19(15-17)24(30)28-13-11-20(12-14-28)29-25(31)26(2,3)23(27-29)18-9-10-21(32-4)22(16-18)33-5/h6-10,15-16,20H,11-14H2,1-5H3. The van der Waals surface area contributed by atoms with Gasteiger partial charge in [-0.25, -0.2) is 5.01 Å². The number of benzene rings is 2. The Morgan fingerprint density at radius 2 is 1.73 bits per heavy atom. The number of rotatable bonds is 5. The van der Waals surface area contributed by atoms with Gasteiger partial charge in [0, 0.05) is 24.2 Å². The van der Waals surface area contributed by atoms with Crippen molar-refractivity contribution in [3.8, 4) is 11.5 Å². The number of hydrazone groups is 1. The van der Waals surface area contributed by atoms with Gasteiger partial charge in [-0.2, -0.15) is 5.10 Å². The van der Waals surface area contributed by atoms with Gasteiger partial charge in [0.05, 0.1) is 31.4 Å². The van der Waals surface area contributed by atoms with Gasteiger partial charge in [-0.15, -0.1) is 0 Å². The van der Waals surface area contributed by atoms with Crippen LogP contribution >= 0.6 is 0 Å². The van der Waals surface area contributed by atoms with Crippen molar-refractivity contribution in [1.29, 1.82) is 0 Å². The summed E-state index contributed by atoms with van der Waals surface area (Å²) in [4.78, 5) is 28.1. The number of aryl methyl sites for hydroxylation is 1. The molecule has 0 N–H and O–H groups in total. The van der Waals surface area contributed by atoms with Crippen molar-refractivity contribution >= 4 is 17.5 Å². The molecule has 0 aliphatic carbocycles. The molecule has 2 aliphatic rings. The summed E-state index contributed by atoms with van der Waals surface area (Å²) >= 11 is 0. The summed E-state index contributed by atoms with van der Waals surface area (Å²) in [5, 5.41) is 6.43. The van der Waals surface area contributed by atoms with Gasteiger partial charge in [0.2, 0.25) is 0 Å². The number of piperidine rings is 1. The lowest BCUT2D eigenvalue weighted by atomic mass is 9.83. The van der Waals surface area contributed by atoms with Crippen molar-refractivity contribution in [2.45, 2.75) is 39.7 Å². The number of hydrogen-bond donors (Lipinski definition) is 0. The first-order valence-corrected chi connectivity index (χ1v) is 11.3. The van der Waals surface area contributed by atoms with Crippen molar-refractivity contribution in [2.24, 2.45) is 10.5 Å². The lowest BCUT2D eigenvalue weighted by Crippen LogP contribution is -2.47. The van der Waals surface area contributed by atoms with E-state index in [1.807, 2.05) is 68.1 Å². The first-order chi connectivity index (χ1) is 15.8. The Hall–Kier alpha value is -3.35. The maximum absolute atomic E-state index is 13.3. The van der Waals surface area contributed by atoms with Crippen LogP contribution in [0.2, 0.25) is 0 Å². The highest BCUT2D eigenvalue weighted by atomic mass is 16.5. The normalized spacial score (nSPS) is 18.3. The third-order valence-electron chi connectivity index (χ3n) is 6.56. The number of carbonyl (C=O) groups excluding carboxylic acids is 2. The summed E-state index contributed by atoms with van der Waals surface area (Å²) in [7, 11) is 3.18. The number of nitrogens with zero attached hydrogens (tertiary/aromatic N) is 3. The summed E-state index contributed by atoms with van der Waals surface area (Å²) in [6, 6.07) is 13.2. The van der Waals surface area contributed by atoms with Gasteiger partial charge in [0.25, 0.3) is 11.8 Å². The molecular weight excluding hydrogens is 418 g/mol. The highest BCUT2D eigenvalue weighted by Crippen LogP contribution is 2.37. The van der Waals surface area contributed by atoms with Crippen LogP contribution in [0.3, 0.4) is 0 Å². The zero-order valence-corrected chi connectivity index (χ0v) is 19.9. The SMILES string of the molecule is COc1ccc(C2=NN(C3CCN(C(=O)c4cccc(C)c4)CC3)C(=O)C2(C)C)cc1OC. The van der Waals surface area contributed by atoms with Crippen LogP contribution in [0.4, 0.5) is 0 Å². The Morgan fingerprint density at radius 1 is 1.03 bits per heavy atom. The monoisotopic (exact) mass is 449 g/mol. The molecular formula is C26H31N3O4. The minimum Gasteiger partial charge on any atom is -0.493 e. The highest BCUT2D eigenvalue weighted by molar-refractivity contribution is 6.19. The smallest absolute Gasteiger partial charge is 0.254 e. The predicted octanol–water partition coefficient (Wildman–Crippen LogP) is 3.89. The minimum absolute atomic E-state index is 0.0178. The first kappa shape index (κ1) is 22.8. The number of ether oxygens (including phenoxy) is 2. The fourth-order valence-electron chi connectivity index (χ4n) is 4.59. The molecule has 2 aromatic rings. The molecule has 7 heteroatoms. The Labute approximate surface area is 195 Å². The van der Waals surface area contributed by atoms with Crippen molar-refractivity contribution in [1.82, 2.24) is 9.91 Å². The Bertz CT molecular complexity index is 1100. The molecule has 4 rings (SSSR count). The maximum atomic E-state index is 13.3. The Kier molecular flexibility index (Phi) is 6.15. The largest absolute Gasteiger partial charge is 0.493 e. The van der Waals surface area contributed by atoms with Crippen molar-refractivity contribution < 1.29 is 19.1 Å². The van der Waals surface area contributed by atoms with Crippen LogP contribution in [0.15, 0.2) is 47.6 Å². The number of likely N-dealkylation sites (tertiary alicyclic amines) is 1. The zero-order chi connectivity index (χ0) is 23.8. The van der Waals surface area contributed by atoms with E-state index in [0.717, 1.165) is 11.1 Å². The van der Waals surface area contributed by atoms with Crippen LogP contribution in [0.1, 0.15) is 48.2 Å². The maximum Gasteiger partial charge on any atom is 0.254 e. The second-order valence-electron chi connectivity index (χ2n) is 9.19. The fourth-order valence-corrected chi connectivity index (χ4v) is 4.59. The summed E-state index contributed by atoms with van der Waals surface area (Å²) in [6.07, 6.45) is 1.39. The third kappa shape index (κ3) is 4.19. The highest BCUT2D eigenvalue weighted by Gasteiger charge is 2.47. The quantitative estimate of drug-likeness (QED) is 0.694. The molecule has 0 saturated carbocycles. The number of amides is 2. The van der Waals surface area contributed by atoms with Crippen molar-refractivity contribution in [3.05, 3.63) is 59.2 Å². The average molecular weight is 450 g/mol. The van der Waals surface area contributed by atoms with Gasteiger partial charge in [0.1, 0.15) is 0 Å². The van der Waals surface area contributed by atoms with Gasteiger partial charge >= 0.3 is 0 Å². The number of carbonyl (C=O) groups is 2. The molecule has 0 spiro atoms. The van der Waals surface area contributed by atoms with Gasteiger partial charge < -0.3 is 14.4 Å². The molecule has 2 aliphatic heterocycles. The zero-order valence-electron chi connectivity index (χ0n) is 19.9. The molecule has 2 heterocycles. The van der Waals surface area contributed by atoms with E-state index < -0.39 is 5.41 Å². The average Bonchev–Trinajstić information content (AvgIpc) is 3.07. The van der Waals surface area contributed by atoms with Crippen LogP contribution in [0.25, 0.3) is 0 Å². The molecule has 2 amide bonds. The Morgan fingerprint density at radius 3 is 2.36 bits per heavy atom. The van der Waals surface area contributed by atoms with E-state index in [4.69, 9.17) is 14.6 Å². The summed E-state index contributed by atoms with van der Waals surface area (Å²) < 4.78 is 10.8. The van der Waals surface area contributed by atoms with Crippen LogP contribution < -0.4 is 9.47 Å². The van der Waals surface area contributed by atoms with Crippen LogP contribution in [-0.2, 0) is 4.79 Å². The molecule has 174 valence electrons. The third-order valence-corrected chi connectivity index (χ3v) is 6.56. The van der Waals surface area contributed by atoms with Gasteiger partial charge in [-0.1, -0.05) is 17.7 Å². The molecule has 0 aromatic heterocycles. The van der Waals surface area contributed by atoms with Crippen LogP contribution in [0, 0.1) is 12.3 Å². The second kappa shape index (κ2) is 8.89. The van der Waals surface area contributed by atoms with Crippen LogP contribution in [-0.4, -0.2) is 60.8 Å². The van der Waals surface area contributed by atoms with Gasteiger partial charge in [-0.3, -0.25) is 9.59 Å². The number of methoxy groups -OCH3 is 2. The van der Waals surface area contributed by atoms with Crippen molar-refractivity contribution in [2.75, 3.05) is 27.3 Å². The van der Waals surface area contributed by atoms with E-state index in [1.54, 1.807) is 19.2 Å². The molecule has 1 fully saturated rings. The second-order valence-corrected chi connectivity index (χ2v) is 9.19. The van der Waals surface area contributed by atoms with E-state index in [9.17, 15) is 9.59 Å². The van der Waals surface area contributed by atoms with Gasteiger partial charge in [-0.05, 0) is 63.9 Å². The van der Waals surface area contributed by atoms with E-state index in [1.165, 1.54) is 0 Å². The lowest BCUT2D eigenvalue weighted by molar-refractivity contribution is -0.137. The summed E-state index contributed by atoms with van der Waals surface area (Å²) in [6.45, 7) is 6.99. The van der Waals surface area contributed by atoms with E-state index in [-0.39, 0.29) is 17.9 Å². The van der Waals surface area contributed by atoms with Gasteiger partial charge in [0.15, 0.2) is 11.5 Å². The van der Waals surface area contributed by atoms with E-state index in [0.29, 0.717) is 48.7 Å². The molecule has 0 bridgehead atoms.